The van der Waals surface area contributed by atoms with Crippen LogP contribution in [-0.2, 0) is 14.8 Å². The number of rotatable bonds is 6. The van der Waals surface area contributed by atoms with Crippen LogP contribution >= 0.6 is 0 Å². The maximum absolute atomic E-state index is 11.6. The number of hydrogen-bond donors (Lipinski definition) is 1. The molecule has 0 heterocycles. The molecule has 0 aliphatic heterocycles. The molecule has 0 aromatic rings. The number of carboxylic acids is 1. The lowest BCUT2D eigenvalue weighted by atomic mass is 9.86. The Morgan fingerprint density at radius 2 is 2.07 bits per heavy atom. The van der Waals surface area contributed by atoms with Crippen molar-refractivity contribution in [2.75, 3.05) is 19.3 Å². The summed E-state index contributed by atoms with van der Waals surface area (Å²) < 4.78 is 24.4. The first-order valence-corrected chi connectivity index (χ1v) is 6.68. The lowest BCUT2D eigenvalue weighted by Gasteiger charge is -2.29. The van der Waals surface area contributed by atoms with Gasteiger partial charge in [0.2, 0.25) is 10.0 Å². The van der Waals surface area contributed by atoms with Gasteiger partial charge in [0.25, 0.3) is 0 Å². The van der Waals surface area contributed by atoms with Crippen molar-refractivity contribution in [1.29, 1.82) is 0 Å². The highest BCUT2D eigenvalue weighted by molar-refractivity contribution is 7.89. The Labute approximate surface area is 90.1 Å². The summed E-state index contributed by atoms with van der Waals surface area (Å²) in [5.41, 5.74) is 0. The minimum Gasteiger partial charge on any atom is -0.481 e. The highest BCUT2D eigenvalue weighted by atomic mass is 32.2. The summed E-state index contributed by atoms with van der Waals surface area (Å²) in [6, 6.07) is 0. The number of hydrogen-bond acceptors (Lipinski definition) is 3. The van der Waals surface area contributed by atoms with Gasteiger partial charge in [-0.1, -0.05) is 6.42 Å². The third kappa shape index (κ3) is 3.79. The second-order valence-electron chi connectivity index (χ2n) is 4.04. The predicted octanol–water partition coefficient (Wildman–Crippen LogP) is 0.523. The molecule has 1 aliphatic rings. The van der Waals surface area contributed by atoms with Crippen LogP contribution in [0.2, 0.25) is 0 Å². The van der Waals surface area contributed by atoms with Crippen LogP contribution in [0.15, 0.2) is 0 Å². The topological polar surface area (TPSA) is 74.7 Å². The Kier molecular flexibility index (Phi) is 4.10. The van der Waals surface area contributed by atoms with E-state index < -0.39 is 16.0 Å². The molecule has 1 fully saturated rings. The molecule has 15 heavy (non-hydrogen) atoms. The summed E-state index contributed by atoms with van der Waals surface area (Å²) in [6.45, 7) is 0.530. The molecule has 0 amide bonds. The smallest absolute Gasteiger partial charge is 0.304 e. The van der Waals surface area contributed by atoms with Crippen molar-refractivity contribution in [3.8, 4) is 0 Å². The van der Waals surface area contributed by atoms with Gasteiger partial charge < -0.3 is 5.11 Å². The first-order valence-electron chi connectivity index (χ1n) is 5.07. The van der Waals surface area contributed by atoms with Crippen LogP contribution in [0, 0.1) is 5.92 Å². The maximum Gasteiger partial charge on any atom is 0.304 e. The number of sulfonamides is 1. The van der Waals surface area contributed by atoms with Crippen molar-refractivity contribution in [3.05, 3.63) is 0 Å². The summed E-state index contributed by atoms with van der Waals surface area (Å²) in [4.78, 5) is 10.3. The van der Waals surface area contributed by atoms with E-state index in [-0.39, 0.29) is 12.2 Å². The van der Waals surface area contributed by atoms with Crippen molar-refractivity contribution < 1.29 is 18.3 Å². The maximum atomic E-state index is 11.6. The van der Waals surface area contributed by atoms with Gasteiger partial charge >= 0.3 is 5.97 Å². The van der Waals surface area contributed by atoms with E-state index in [1.54, 1.807) is 0 Å². The fourth-order valence-corrected chi connectivity index (χ4v) is 2.71. The van der Waals surface area contributed by atoms with Crippen LogP contribution in [0.4, 0.5) is 0 Å². The van der Waals surface area contributed by atoms with Gasteiger partial charge in [0.05, 0.1) is 12.2 Å². The monoisotopic (exact) mass is 235 g/mol. The lowest BCUT2D eigenvalue weighted by Crippen LogP contribution is -2.36. The second kappa shape index (κ2) is 4.94. The molecule has 0 atom stereocenters. The molecule has 1 saturated carbocycles. The average molecular weight is 235 g/mol. The Balaban J connectivity index is 2.40. The SMILES string of the molecule is CN(CC1CCC1)S(=O)(=O)CCC(=O)O. The molecule has 0 unspecified atom stereocenters. The van der Waals surface area contributed by atoms with Crippen LogP contribution in [0.3, 0.4) is 0 Å². The Morgan fingerprint density at radius 1 is 1.47 bits per heavy atom. The molecule has 1 N–H and O–H groups in total. The molecule has 0 aromatic carbocycles. The first kappa shape index (κ1) is 12.4. The molecular weight excluding hydrogens is 218 g/mol. The Hall–Kier alpha value is -0.620. The zero-order valence-corrected chi connectivity index (χ0v) is 9.66. The van der Waals surface area contributed by atoms with E-state index in [4.69, 9.17) is 5.11 Å². The van der Waals surface area contributed by atoms with Crippen molar-refractivity contribution in [1.82, 2.24) is 4.31 Å². The van der Waals surface area contributed by atoms with Gasteiger partial charge in [0.1, 0.15) is 0 Å². The molecule has 0 spiro atoms. The van der Waals surface area contributed by atoms with E-state index in [1.165, 1.54) is 17.8 Å². The van der Waals surface area contributed by atoms with Crippen molar-refractivity contribution in [2.24, 2.45) is 5.92 Å². The van der Waals surface area contributed by atoms with Crippen LogP contribution in [0.5, 0.6) is 0 Å². The van der Waals surface area contributed by atoms with E-state index in [1.807, 2.05) is 0 Å². The predicted molar refractivity (Wildman–Crippen MR) is 56.0 cm³/mol. The fraction of sp³-hybridized carbons (Fsp3) is 0.889. The van der Waals surface area contributed by atoms with E-state index in [0.29, 0.717) is 12.5 Å². The van der Waals surface area contributed by atoms with Gasteiger partial charge in [-0.2, -0.15) is 0 Å². The number of carboxylic acid groups (broad SMARTS) is 1. The van der Waals surface area contributed by atoms with E-state index >= 15 is 0 Å². The molecule has 1 aliphatic carbocycles. The first-order chi connectivity index (χ1) is 6.92. The summed E-state index contributed by atoms with van der Waals surface area (Å²) in [5.74, 6) is -0.906. The Morgan fingerprint density at radius 3 is 2.47 bits per heavy atom. The average Bonchev–Trinajstić information content (AvgIpc) is 2.07. The standard InChI is InChI=1S/C9H17NO4S/c1-10(7-8-3-2-4-8)15(13,14)6-5-9(11)12/h8H,2-7H2,1H3,(H,11,12). The summed E-state index contributed by atoms with van der Waals surface area (Å²) in [7, 11) is -1.85. The Bertz CT molecular complexity index is 321. The number of aliphatic carboxylic acids is 1. The molecule has 0 radical (unpaired) electrons. The third-order valence-corrected chi connectivity index (χ3v) is 4.61. The van der Waals surface area contributed by atoms with E-state index in [2.05, 4.69) is 0 Å². The molecule has 1 rings (SSSR count). The second-order valence-corrected chi connectivity index (χ2v) is 6.23. The molecule has 88 valence electrons. The van der Waals surface area contributed by atoms with Crippen molar-refractivity contribution in [3.63, 3.8) is 0 Å². The summed E-state index contributed by atoms with van der Waals surface area (Å²) in [5, 5.41) is 8.41. The number of carbonyl (C=O) groups is 1. The quantitative estimate of drug-likeness (QED) is 0.728. The van der Waals surface area contributed by atoms with Crippen LogP contribution in [0.1, 0.15) is 25.7 Å². The van der Waals surface area contributed by atoms with Gasteiger partial charge in [0.15, 0.2) is 0 Å². The molecule has 0 saturated heterocycles. The number of nitrogens with zero attached hydrogens (tertiary/aromatic N) is 1. The highest BCUT2D eigenvalue weighted by Crippen LogP contribution is 2.27. The summed E-state index contributed by atoms with van der Waals surface area (Å²) >= 11 is 0. The minimum atomic E-state index is -3.37. The molecule has 6 heteroatoms. The molecule has 0 bridgehead atoms. The summed E-state index contributed by atoms with van der Waals surface area (Å²) in [6.07, 6.45) is 3.02. The van der Waals surface area contributed by atoms with Crippen LogP contribution < -0.4 is 0 Å². The van der Waals surface area contributed by atoms with Gasteiger partial charge in [-0.05, 0) is 18.8 Å². The van der Waals surface area contributed by atoms with Crippen LogP contribution in [0.25, 0.3) is 0 Å². The van der Waals surface area contributed by atoms with Gasteiger partial charge in [-0.15, -0.1) is 0 Å². The normalized spacial score (nSPS) is 17.7. The lowest BCUT2D eigenvalue weighted by molar-refractivity contribution is -0.136. The highest BCUT2D eigenvalue weighted by Gasteiger charge is 2.25. The zero-order valence-electron chi connectivity index (χ0n) is 8.85. The van der Waals surface area contributed by atoms with E-state index in [0.717, 1.165) is 12.8 Å². The van der Waals surface area contributed by atoms with Crippen LogP contribution in [-0.4, -0.2) is 43.1 Å². The zero-order chi connectivity index (χ0) is 11.5. The van der Waals surface area contributed by atoms with E-state index in [9.17, 15) is 13.2 Å². The third-order valence-electron chi connectivity index (χ3n) is 2.79. The van der Waals surface area contributed by atoms with Gasteiger partial charge in [0, 0.05) is 13.6 Å². The molecule has 0 aromatic heterocycles. The van der Waals surface area contributed by atoms with Crippen molar-refractivity contribution in [2.45, 2.75) is 25.7 Å². The van der Waals surface area contributed by atoms with Gasteiger partial charge in [-0.3, -0.25) is 4.79 Å². The largest absolute Gasteiger partial charge is 0.481 e. The minimum absolute atomic E-state index is 0.300. The van der Waals surface area contributed by atoms with Crippen molar-refractivity contribution >= 4 is 16.0 Å². The van der Waals surface area contributed by atoms with Gasteiger partial charge in [-0.25, -0.2) is 12.7 Å². The molecular formula is C9H17NO4S. The fourth-order valence-electron chi connectivity index (χ4n) is 1.52. The molecule has 5 nitrogen and oxygen atoms in total.